The lowest BCUT2D eigenvalue weighted by Crippen LogP contribution is -2.42. The number of aromatic nitrogens is 1. The van der Waals surface area contributed by atoms with Gasteiger partial charge in [0.25, 0.3) is 0 Å². The number of ether oxygens (including phenoxy) is 2. The van der Waals surface area contributed by atoms with Crippen LogP contribution in [0.3, 0.4) is 0 Å². The molecule has 5 heteroatoms. The van der Waals surface area contributed by atoms with E-state index in [4.69, 9.17) is 13.9 Å². The molecule has 2 aromatic heterocycles. The molecule has 0 aromatic carbocycles. The minimum absolute atomic E-state index is 0.137. The van der Waals surface area contributed by atoms with Crippen LogP contribution in [0.2, 0.25) is 0 Å². The molecule has 3 heterocycles. The van der Waals surface area contributed by atoms with Crippen molar-refractivity contribution in [2.24, 2.45) is 0 Å². The van der Waals surface area contributed by atoms with Gasteiger partial charge in [-0.05, 0) is 36.6 Å². The Kier molecular flexibility index (Phi) is 4.41. The largest absolute Gasteiger partial charge is 0.472 e. The van der Waals surface area contributed by atoms with E-state index in [1.165, 1.54) is 5.56 Å². The third-order valence-corrected chi connectivity index (χ3v) is 4.83. The third kappa shape index (κ3) is 3.32. The fraction of sp³-hybridized carbons (Fsp3) is 0.500. The van der Waals surface area contributed by atoms with E-state index in [1.807, 2.05) is 36.9 Å². The fourth-order valence-corrected chi connectivity index (χ4v) is 3.67. The second-order valence-electron chi connectivity index (χ2n) is 6.29. The molecule has 0 radical (unpaired) electrons. The van der Waals surface area contributed by atoms with Gasteiger partial charge in [-0.15, -0.1) is 0 Å². The van der Waals surface area contributed by atoms with Crippen molar-refractivity contribution in [1.29, 1.82) is 0 Å². The molecule has 3 atom stereocenters. The van der Waals surface area contributed by atoms with Crippen LogP contribution < -0.4 is 0 Å². The highest BCUT2D eigenvalue weighted by atomic mass is 16.5. The van der Waals surface area contributed by atoms with Gasteiger partial charge < -0.3 is 13.9 Å². The van der Waals surface area contributed by atoms with Crippen LogP contribution in [0, 0.1) is 0 Å². The predicted molar refractivity (Wildman–Crippen MR) is 84.7 cm³/mol. The Morgan fingerprint density at radius 3 is 2.91 bits per heavy atom. The molecule has 1 aliphatic carbocycles. The van der Waals surface area contributed by atoms with Crippen LogP contribution in [0.1, 0.15) is 24.0 Å². The van der Waals surface area contributed by atoms with Gasteiger partial charge in [0.1, 0.15) is 0 Å². The third-order valence-electron chi connectivity index (χ3n) is 4.83. The van der Waals surface area contributed by atoms with E-state index in [1.54, 1.807) is 6.26 Å². The van der Waals surface area contributed by atoms with E-state index < -0.39 is 0 Å². The standard InChI is InChI=1S/C18H22N2O3/c1-2-17-18(23-13-14-3-6-19-7-4-14)16(1)20(8-10-22-17)11-15-5-9-21-12-15/h3-7,9,12,16-18H,1-2,8,10-11,13H2/t16-,17-,18+/m1/s1. The van der Waals surface area contributed by atoms with E-state index >= 15 is 0 Å². The van der Waals surface area contributed by atoms with Crippen LogP contribution in [0.25, 0.3) is 0 Å². The molecule has 2 aliphatic rings. The normalized spacial score (nSPS) is 27.9. The first-order valence-electron chi connectivity index (χ1n) is 8.27. The van der Waals surface area contributed by atoms with E-state index in [0.717, 1.165) is 38.1 Å². The molecule has 4 rings (SSSR count). The molecule has 2 aromatic rings. The molecular weight excluding hydrogens is 292 g/mol. The first kappa shape index (κ1) is 14.9. The van der Waals surface area contributed by atoms with Crippen LogP contribution in [0.4, 0.5) is 0 Å². The molecule has 122 valence electrons. The predicted octanol–water partition coefficient (Wildman–Crippen LogP) is 2.62. The first-order chi connectivity index (χ1) is 11.4. The number of pyridine rings is 1. The van der Waals surface area contributed by atoms with Gasteiger partial charge in [-0.1, -0.05) is 0 Å². The maximum Gasteiger partial charge on any atom is 0.0995 e. The molecule has 0 spiro atoms. The van der Waals surface area contributed by atoms with Gasteiger partial charge in [0.15, 0.2) is 0 Å². The van der Waals surface area contributed by atoms with E-state index in [9.17, 15) is 0 Å². The summed E-state index contributed by atoms with van der Waals surface area (Å²) < 4.78 is 17.5. The second-order valence-corrected chi connectivity index (χ2v) is 6.29. The van der Waals surface area contributed by atoms with E-state index in [-0.39, 0.29) is 12.2 Å². The Hall–Kier alpha value is -1.69. The van der Waals surface area contributed by atoms with Crippen LogP contribution >= 0.6 is 0 Å². The highest BCUT2D eigenvalue weighted by Crippen LogP contribution is 2.33. The van der Waals surface area contributed by atoms with Crippen LogP contribution in [0.15, 0.2) is 47.5 Å². The number of furan rings is 1. The van der Waals surface area contributed by atoms with Gasteiger partial charge in [0.05, 0.1) is 37.9 Å². The van der Waals surface area contributed by atoms with Crippen molar-refractivity contribution in [2.45, 2.75) is 44.2 Å². The number of hydrogen-bond acceptors (Lipinski definition) is 5. The molecule has 23 heavy (non-hydrogen) atoms. The molecule has 0 amide bonds. The second kappa shape index (κ2) is 6.83. The maximum absolute atomic E-state index is 6.27. The average molecular weight is 314 g/mol. The molecule has 5 nitrogen and oxygen atoms in total. The van der Waals surface area contributed by atoms with Gasteiger partial charge in [0.2, 0.25) is 0 Å². The minimum Gasteiger partial charge on any atom is -0.472 e. The van der Waals surface area contributed by atoms with Gasteiger partial charge in [-0.2, -0.15) is 0 Å². The Balaban J connectivity index is 1.45. The Morgan fingerprint density at radius 2 is 2.09 bits per heavy atom. The van der Waals surface area contributed by atoms with Gasteiger partial charge >= 0.3 is 0 Å². The summed E-state index contributed by atoms with van der Waals surface area (Å²) in [5.74, 6) is 0. The summed E-state index contributed by atoms with van der Waals surface area (Å²) >= 11 is 0. The quantitative estimate of drug-likeness (QED) is 0.849. The fourth-order valence-electron chi connectivity index (χ4n) is 3.67. The molecule has 0 N–H and O–H groups in total. The monoisotopic (exact) mass is 314 g/mol. The summed E-state index contributed by atoms with van der Waals surface area (Å²) in [5.41, 5.74) is 2.37. The summed E-state index contributed by atoms with van der Waals surface area (Å²) in [5, 5.41) is 0. The number of nitrogens with zero attached hydrogens (tertiary/aromatic N) is 2. The Bertz CT molecular complexity index is 602. The van der Waals surface area contributed by atoms with E-state index in [0.29, 0.717) is 12.6 Å². The highest BCUT2D eigenvalue weighted by Gasteiger charge is 2.43. The lowest BCUT2D eigenvalue weighted by molar-refractivity contribution is -0.0614. The van der Waals surface area contributed by atoms with Crippen molar-refractivity contribution in [1.82, 2.24) is 9.88 Å². The van der Waals surface area contributed by atoms with Crippen molar-refractivity contribution in [3.8, 4) is 0 Å². The summed E-state index contributed by atoms with van der Waals surface area (Å²) in [7, 11) is 0. The van der Waals surface area contributed by atoms with Gasteiger partial charge in [-0.3, -0.25) is 9.88 Å². The molecule has 2 fully saturated rings. The summed E-state index contributed by atoms with van der Waals surface area (Å²) in [6, 6.07) is 6.45. The van der Waals surface area contributed by atoms with Crippen LogP contribution in [-0.4, -0.2) is 41.3 Å². The molecular formula is C18H22N2O3. The summed E-state index contributed by atoms with van der Waals surface area (Å²) in [6.45, 7) is 3.23. The minimum atomic E-state index is 0.137. The molecule has 1 saturated carbocycles. The van der Waals surface area contributed by atoms with Crippen molar-refractivity contribution in [2.75, 3.05) is 13.2 Å². The molecule has 2 bridgehead atoms. The van der Waals surface area contributed by atoms with Crippen molar-refractivity contribution >= 4 is 0 Å². The van der Waals surface area contributed by atoms with Gasteiger partial charge in [-0.25, -0.2) is 0 Å². The highest BCUT2D eigenvalue weighted by molar-refractivity contribution is 5.09. The van der Waals surface area contributed by atoms with Crippen molar-refractivity contribution in [3.63, 3.8) is 0 Å². The van der Waals surface area contributed by atoms with E-state index in [2.05, 4.69) is 9.88 Å². The lowest BCUT2D eigenvalue weighted by Gasteiger charge is -2.30. The zero-order valence-electron chi connectivity index (χ0n) is 13.1. The molecule has 1 aliphatic heterocycles. The Morgan fingerprint density at radius 1 is 1.17 bits per heavy atom. The van der Waals surface area contributed by atoms with Crippen LogP contribution in [-0.2, 0) is 22.6 Å². The first-order valence-corrected chi connectivity index (χ1v) is 8.27. The van der Waals surface area contributed by atoms with Gasteiger partial charge in [0, 0.05) is 37.1 Å². The van der Waals surface area contributed by atoms with Crippen LogP contribution in [0.5, 0.6) is 0 Å². The topological polar surface area (TPSA) is 47.7 Å². The maximum atomic E-state index is 6.27. The number of rotatable bonds is 5. The van der Waals surface area contributed by atoms with Crippen molar-refractivity contribution < 1.29 is 13.9 Å². The zero-order valence-corrected chi connectivity index (χ0v) is 13.1. The lowest BCUT2D eigenvalue weighted by atomic mass is 10.1. The number of fused-ring (bicyclic) bond motifs is 2. The smallest absolute Gasteiger partial charge is 0.0995 e. The summed E-state index contributed by atoms with van der Waals surface area (Å²) in [4.78, 5) is 6.54. The molecule has 0 unspecified atom stereocenters. The average Bonchev–Trinajstić information content (AvgIpc) is 3.18. The zero-order chi connectivity index (χ0) is 15.5. The molecule has 1 saturated heterocycles. The summed E-state index contributed by atoms with van der Waals surface area (Å²) in [6.07, 6.45) is 9.74. The number of hydrogen-bond donors (Lipinski definition) is 0. The SMILES string of the molecule is c1cc(CO[C@H]2[C@H]3CC[C@H]2OCCN3Cc2ccoc2)ccn1. The van der Waals surface area contributed by atoms with Crippen molar-refractivity contribution in [3.05, 3.63) is 54.2 Å². The Labute approximate surface area is 136 Å².